The molecule has 0 spiro atoms. The Kier molecular flexibility index (Phi) is 2.39. The van der Waals surface area contributed by atoms with Crippen molar-refractivity contribution in [1.82, 2.24) is 24.8 Å². The van der Waals surface area contributed by atoms with Crippen molar-refractivity contribution in [2.24, 2.45) is 14.1 Å². The SMILES string of the molecule is Cn1ncc(C(=O)c2c(Br)cnn2C)n1. The van der Waals surface area contributed by atoms with Gasteiger partial charge >= 0.3 is 0 Å². The molecule has 0 aliphatic rings. The van der Waals surface area contributed by atoms with Crippen LogP contribution in [0.15, 0.2) is 16.9 Å². The molecular formula is C8H8BrN5O. The van der Waals surface area contributed by atoms with Crippen molar-refractivity contribution in [3.63, 3.8) is 0 Å². The zero-order valence-corrected chi connectivity index (χ0v) is 9.76. The third-order valence-electron chi connectivity index (χ3n) is 1.94. The lowest BCUT2D eigenvalue weighted by Gasteiger charge is -1.98. The van der Waals surface area contributed by atoms with Crippen LogP contribution >= 0.6 is 15.9 Å². The molecule has 0 fully saturated rings. The first kappa shape index (κ1) is 10.0. The Morgan fingerprint density at radius 1 is 1.33 bits per heavy atom. The van der Waals surface area contributed by atoms with Gasteiger partial charge in [0.2, 0.25) is 5.78 Å². The molecular weight excluding hydrogens is 262 g/mol. The van der Waals surface area contributed by atoms with Crippen LogP contribution < -0.4 is 0 Å². The van der Waals surface area contributed by atoms with Gasteiger partial charge in [0.15, 0.2) is 5.69 Å². The molecule has 2 heterocycles. The second kappa shape index (κ2) is 3.58. The summed E-state index contributed by atoms with van der Waals surface area (Å²) in [5.41, 5.74) is 0.775. The molecule has 0 unspecified atom stereocenters. The van der Waals surface area contributed by atoms with Gasteiger partial charge < -0.3 is 0 Å². The Balaban J connectivity index is 2.45. The van der Waals surface area contributed by atoms with Gasteiger partial charge in [-0.1, -0.05) is 0 Å². The van der Waals surface area contributed by atoms with Crippen LogP contribution in [-0.4, -0.2) is 30.6 Å². The maximum absolute atomic E-state index is 12.0. The molecule has 0 N–H and O–H groups in total. The number of halogens is 1. The van der Waals surface area contributed by atoms with E-state index in [4.69, 9.17) is 0 Å². The molecule has 0 atom stereocenters. The van der Waals surface area contributed by atoms with E-state index in [1.54, 1.807) is 20.3 Å². The summed E-state index contributed by atoms with van der Waals surface area (Å²) in [5, 5.41) is 11.8. The Bertz CT molecular complexity index is 495. The Morgan fingerprint density at radius 2 is 2.07 bits per heavy atom. The van der Waals surface area contributed by atoms with Crippen LogP contribution in [0.5, 0.6) is 0 Å². The van der Waals surface area contributed by atoms with Gasteiger partial charge in [0, 0.05) is 14.1 Å². The zero-order valence-electron chi connectivity index (χ0n) is 8.18. The molecule has 0 aliphatic carbocycles. The second-order valence-electron chi connectivity index (χ2n) is 3.01. The van der Waals surface area contributed by atoms with Gasteiger partial charge in [0.1, 0.15) is 5.69 Å². The Labute approximate surface area is 94.0 Å². The average molecular weight is 270 g/mol. The molecule has 2 rings (SSSR count). The van der Waals surface area contributed by atoms with Gasteiger partial charge in [-0.3, -0.25) is 9.48 Å². The summed E-state index contributed by atoms with van der Waals surface area (Å²) in [6.07, 6.45) is 3.01. The molecule has 0 aliphatic heterocycles. The standard InChI is InChI=1S/C8H8BrN5O/c1-13-7(5(9)3-10-13)8(15)6-4-11-14(2)12-6/h3-4H,1-2H3. The number of carbonyl (C=O) groups is 1. The third-order valence-corrected chi connectivity index (χ3v) is 2.52. The van der Waals surface area contributed by atoms with Crippen LogP contribution in [0.4, 0.5) is 0 Å². The van der Waals surface area contributed by atoms with Crippen LogP contribution in [0.3, 0.4) is 0 Å². The first-order chi connectivity index (χ1) is 7.09. The molecule has 6 nitrogen and oxygen atoms in total. The van der Waals surface area contributed by atoms with Crippen LogP contribution in [0.2, 0.25) is 0 Å². The summed E-state index contributed by atoms with van der Waals surface area (Å²) in [5.74, 6) is -0.199. The summed E-state index contributed by atoms with van der Waals surface area (Å²) < 4.78 is 2.15. The average Bonchev–Trinajstić information content (AvgIpc) is 2.73. The zero-order chi connectivity index (χ0) is 11.0. The van der Waals surface area contributed by atoms with Crippen molar-refractivity contribution in [2.75, 3.05) is 0 Å². The van der Waals surface area contributed by atoms with E-state index in [2.05, 4.69) is 31.2 Å². The van der Waals surface area contributed by atoms with E-state index in [1.165, 1.54) is 15.7 Å². The third kappa shape index (κ3) is 1.70. The lowest BCUT2D eigenvalue weighted by molar-refractivity contribution is 0.102. The minimum absolute atomic E-state index is 0.199. The predicted octanol–water partition coefficient (Wildman–Crippen LogP) is 0.542. The van der Waals surface area contributed by atoms with Crippen LogP contribution in [0.1, 0.15) is 16.2 Å². The van der Waals surface area contributed by atoms with Crippen molar-refractivity contribution in [2.45, 2.75) is 0 Å². The lowest BCUT2D eigenvalue weighted by atomic mass is 10.2. The quantitative estimate of drug-likeness (QED) is 0.747. The van der Waals surface area contributed by atoms with Crippen molar-refractivity contribution in [1.29, 1.82) is 0 Å². The van der Waals surface area contributed by atoms with Gasteiger partial charge in [-0.25, -0.2) is 0 Å². The molecule has 78 valence electrons. The fourth-order valence-corrected chi connectivity index (χ4v) is 1.77. The van der Waals surface area contributed by atoms with Crippen LogP contribution in [0, 0.1) is 0 Å². The molecule has 0 saturated carbocycles. The highest BCUT2D eigenvalue weighted by Gasteiger charge is 2.19. The number of ketones is 1. The molecule has 7 heteroatoms. The van der Waals surface area contributed by atoms with E-state index >= 15 is 0 Å². The molecule has 0 aromatic carbocycles. The highest BCUT2D eigenvalue weighted by Crippen LogP contribution is 2.17. The van der Waals surface area contributed by atoms with E-state index in [9.17, 15) is 4.79 Å². The fraction of sp³-hybridized carbons (Fsp3) is 0.250. The smallest absolute Gasteiger partial charge is 0.234 e. The first-order valence-corrected chi connectivity index (χ1v) is 4.97. The minimum atomic E-state index is -0.199. The molecule has 0 amide bonds. The van der Waals surface area contributed by atoms with Crippen LogP contribution in [-0.2, 0) is 14.1 Å². The van der Waals surface area contributed by atoms with E-state index in [1.807, 2.05) is 0 Å². The number of rotatable bonds is 2. The Hall–Kier alpha value is -1.50. The normalized spacial score (nSPS) is 10.6. The predicted molar refractivity (Wildman–Crippen MR) is 55.3 cm³/mol. The van der Waals surface area contributed by atoms with Crippen molar-refractivity contribution < 1.29 is 4.79 Å². The van der Waals surface area contributed by atoms with Crippen molar-refractivity contribution in [3.8, 4) is 0 Å². The fourth-order valence-electron chi connectivity index (χ4n) is 1.24. The molecule has 0 radical (unpaired) electrons. The van der Waals surface area contributed by atoms with Crippen molar-refractivity contribution in [3.05, 3.63) is 28.3 Å². The second-order valence-corrected chi connectivity index (χ2v) is 3.87. The number of nitrogens with zero attached hydrogens (tertiary/aromatic N) is 5. The molecule has 2 aromatic heterocycles. The van der Waals surface area contributed by atoms with Gasteiger partial charge in [-0.15, -0.1) is 0 Å². The summed E-state index contributed by atoms with van der Waals surface area (Å²) in [4.78, 5) is 13.3. The van der Waals surface area contributed by atoms with Gasteiger partial charge in [-0.2, -0.15) is 20.1 Å². The maximum Gasteiger partial charge on any atom is 0.234 e. The lowest BCUT2D eigenvalue weighted by Crippen LogP contribution is -2.10. The molecule has 0 saturated heterocycles. The topological polar surface area (TPSA) is 65.6 Å². The minimum Gasteiger partial charge on any atom is -0.285 e. The highest BCUT2D eigenvalue weighted by molar-refractivity contribution is 9.10. The highest BCUT2D eigenvalue weighted by atomic mass is 79.9. The summed E-state index contributed by atoms with van der Waals surface area (Å²) in [6.45, 7) is 0. The molecule has 0 bridgehead atoms. The number of carbonyl (C=O) groups excluding carboxylic acids is 1. The van der Waals surface area contributed by atoms with E-state index in [0.717, 1.165) is 0 Å². The Morgan fingerprint density at radius 3 is 2.53 bits per heavy atom. The largest absolute Gasteiger partial charge is 0.285 e. The van der Waals surface area contributed by atoms with E-state index in [0.29, 0.717) is 15.9 Å². The molecule has 2 aromatic rings. The maximum atomic E-state index is 12.0. The van der Waals surface area contributed by atoms with Gasteiger partial charge in [0.05, 0.1) is 16.9 Å². The van der Waals surface area contributed by atoms with Crippen molar-refractivity contribution >= 4 is 21.7 Å². The number of hydrogen-bond donors (Lipinski definition) is 0. The number of aryl methyl sites for hydroxylation is 2. The summed E-state index contributed by atoms with van der Waals surface area (Å²) in [6, 6.07) is 0. The van der Waals surface area contributed by atoms with E-state index < -0.39 is 0 Å². The number of hydrogen-bond acceptors (Lipinski definition) is 4. The first-order valence-electron chi connectivity index (χ1n) is 4.18. The number of aromatic nitrogens is 5. The monoisotopic (exact) mass is 269 g/mol. The summed E-state index contributed by atoms with van der Waals surface area (Å²) in [7, 11) is 3.36. The van der Waals surface area contributed by atoms with Crippen LogP contribution in [0.25, 0.3) is 0 Å². The molecule has 15 heavy (non-hydrogen) atoms. The van der Waals surface area contributed by atoms with Gasteiger partial charge in [0.25, 0.3) is 0 Å². The van der Waals surface area contributed by atoms with Gasteiger partial charge in [-0.05, 0) is 15.9 Å². The summed E-state index contributed by atoms with van der Waals surface area (Å²) >= 11 is 3.26. The van der Waals surface area contributed by atoms with E-state index in [-0.39, 0.29) is 5.78 Å².